The van der Waals surface area contributed by atoms with Crippen molar-refractivity contribution in [3.63, 3.8) is 0 Å². The summed E-state index contributed by atoms with van der Waals surface area (Å²) in [5, 5.41) is 7.18. The number of benzene rings is 1. The summed E-state index contributed by atoms with van der Waals surface area (Å²) in [7, 11) is 1.63. The number of hydrogen-bond donors (Lipinski definition) is 1. The van der Waals surface area contributed by atoms with Gasteiger partial charge in [0.2, 0.25) is 5.91 Å². The molecule has 0 saturated carbocycles. The Balaban J connectivity index is 1.40. The Morgan fingerprint density at radius 1 is 1.32 bits per heavy atom. The van der Waals surface area contributed by atoms with E-state index in [1.165, 1.54) is 6.07 Å². The molecule has 2 heterocycles. The van der Waals surface area contributed by atoms with Crippen LogP contribution in [0, 0.1) is 11.7 Å². The highest BCUT2D eigenvalue weighted by molar-refractivity contribution is 5.75. The second-order valence-electron chi connectivity index (χ2n) is 7.35. The minimum absolute atomic E-state index is 0.111. The molecule has 3 rings (SSSR count). The molecule has 0 aliphatic carbocycles. The predicted molar refractivity (Wildman–Crippen MR) is 106 cm³/mol. The van der Waals surface area contributed by atoms with E-state index in [-0.39, 0.29) is 11.7 Å². The van der Waals surface area contributed by atoms with Gasteiger partial charge in [0.05, 0.1) is 12.8 Å². The second-order valence-corrected chi connectivity index (χ2v) is 7.35. The summed E-state index contributed by atoms with van der Waals surface area (Å²) in [5.74, 6) is 0.440. The molecule has 6 nitrogen and oxygen atoms in total. The topological polar surface area (TPSA) is 59.4 Å². The molecule has 0 bridgehead atoms. The van der Waals surface area contributed by atoms with Crippen molar-refractivity contribution < 1.29 is 13.9 Å². The van der Waals surface area contributed by atoms with Gasteiger partial charge in [-0.2, -0.15) is 5.10 Å². The molecule has 1 aliphatic rings. The van der Waals surface area contributed by atoms with Crippen LogP contribution in [0.2, 0.25) is 0 Å². The molecule has 1 saturated heterocycles. The van der Waals surface area contributed by atoms with Gasteiger partial charge in [0, 0.05) is 38.4 Å². The number of nitrogens with zero attached hydrogens (tertiary/aromatic N) is 3. The van der Waals surface area contributed by atoms with Crippen LogP contribution in [0.3, 0.4) is 0 Å². The first-order chi connectivity index (χ1) is 13.7. The van der Waals surface area contributed by atoms with Crippen molar-refractivity contribution in [3.8, 4) is 5.69 Å². The quantitative estimate of drug-likeness (QED) is 0.671. The molecule has 7 heteroatoms. The summed E-state index contributed by atoms with van der Waals surface area (Å²) in [6, 6.07) is 6.65. The van der Waals surface area contributed by atoms with Gasteiger partial charge in [0.15, 0.2) is 0 Å². The van der Waals surface area contributed by atoms with Crippen LogP contribution < -0.4 is 5.32 Å². The molecular formula is C21H29FN4O2. The third kappa shape index (κ3) is 5.87. The zero-order valence-corrected chi connectivity index (χ0v) is 16.4. The van der Waals surface area contributed by atoms with Crippen molar-refractivity contribution in [1.82, 2.24) is 20.0 Å². The van der Waals surface area contributed by atoms with Crippen molar-refractivity contribution in [2.75, 3.05) is 33.4 Å². The van der Waals surface area contributed by atoms with E-state index in [0.29, 0.717) is 31.2 Å². The van der Waals surface area contributed by atoms with Gasteiger partial charge in [-0.05, 0) is 50.4 Å². The fourth-order valence-electron chi connectivity index (χ4n) is 3.62. The van der Waals surface area contributed by atoms with Crippen LogP contribution >= 0.6 is 0 Å². The van der Waals surface area contributed by atoms with Crippen LogP contribution in [-0.2, 0) is 16.1 Å². The van der Waals surface area contributed by atoms with Crippen LogP contribution in [0.25, 0.3) is 5.69 Å². The van der Waals surface area contributed by atoms with Crippen LogP contribution in [0.4, 0.5) is 4.39 Å². The van der Waals surface area contributed by atoms with Gasteiger partial charge < -0.3 is 10.1 Å². The summed E-state index contributed by atoms with van der Waals surface area (Å²) in [6.45, 7) is 3.98. The molecule has 0 radical (unpaired) electrons. The standard InChI is InChI=1S/C21H29FN4O2/c1-28-13-10-23-21(27)7-6-17-8-11-25(12-9-17)15-18-14-24-26(16-18)20-5-3-2-4-19(20)22/h2-5,14,16-17H,6-13,15H2,1H3,(H,23,27). The van der Waals surface area contributed by atoms with Crippen molar-refractivity contribution in [3.05, 3.63) is 48.0 Å². The lowest BCUT2D eigenvalue weighted by Crippen LogP contribution is -2.34. The zero-order chi connectivity index (χ0) is 19.8. The minimum Gasteiger partial charge on any atom is -0.383 e. The summed E-state index contributed by atoms with van der Waals surface area (Å²) >= 11 is 0. The number of aromatic nitrogens is 2. The molecule has 1 fully saturated rings. The molecule has 152 valence electrons. The first kappa shape index (κ1) is 20.5. The largest absolute Gasteiger partial charge is 0.383 e. The molecule has 28 heavy (non-hydrogen) atoms. The van der Waals surface area contributed by atoms with Crippen molar-refractivity contribution in [1.29, 1.82) is 0 Å². The normalized spacial score (nSPS) is 15.6. The molecule has 1 aliphatic heterocycles. The number of nitrogens with one attached hydrogen (secondary N) is 1. The molecular weight excluding hydrogens is 359 g/mol. The average Bonchev–Trinajstić information content (AvgIpc) is 3.16. The highest BCUT2D eigenvalue weighted by atomic mass is 19.1. The summed E-state index contributed by atoms with van der Waals surface area (Å²) in [4.78, 5) is 14.2. The highest BCUT2D eigenvalue weighted by Gasteiger charge is 2.20. The van der Waals surface area contributed by atoms with E-state index >= 15 is 0 Å². The van der Waals surface area contributed by atoms with Gasteiger partial charge in [0.25, 0.3) is 0 Å². The number of piperidine rings is 1. The minimum atomic E-state index is -0.274. The van der Waals surface area contributed by atoms with Crippen LogP contribution in [0.5, 0.6) is 0 Å². The van der Waals surface area contributed by atoms with Crippen molar-refractivity contribution in [2.24, 2.45) is 5.92 Å². The molecule has 0 spiro atoms. The number of para-hydroxylation sites is 1. The Morgan fingerprint density at radius 2 is 2.11 bits per heavy atom. The van der Waals surface area contributed by atoms with Crippen molar-refractivity contribution in [2.45, 2.75) is 32.2 Å². The maximum Gasteiger partial charge on any atom is 0.220 e. The lowest BCUT2D eigenvalue weighted by Gasteiger charge is -2.31. The number of amides is 1. The Kier molecular flexibility index (Phi) is 7.56. The maximum absolute atomic E-state index is 13.9. The number of methoxy groups -OCH3 is 1. The van der Waals surface area contributed by atoms with E-state index in [9.17, 15) is 9.18 Å². The first-order valence-electron chi connectivity index (χ1n) is 9.92. The zero-order valence-electron chi connectivity index (χ0n) is 16.4. The SMILES string of the molecule is COCCNC(=O)CCC1CCN(Cc2cnn(-c3ccccc3F)c2)CC1. The van der Waals surface area contributed by atoms with Crippen LogP contribution in [0.15, 0.2) is 36.7 Å². The van der Waals surface area contributed by atoms with E-state index in [0.717, 1.165) is 44.5 Å². The third-order valence-electron chi connectivity index (χ3n) is 5.26. The van der Waals surface area contributed by atoms with Gasteiger partial charge >= 0.3 is 0 Å². The summed E-state index contributed by atoms with van der Waals surface area (Å²) < 4.78 is 20.4. The molecule has 1 N–H and O–H groups in total. The van der Waals surface area contributed by atoms with Gasteiger partial charge in [-0.25, -0.2) is 9.07 Å². The lowest BCUT2D eigenvalue weighted by molar-refractivity contribution is -0.121. The maximum atomic E-state index is 13.9. The van der Waals surface area contributed by atoms with E-state index < -0.39 is 0 Å². The smallest absolute Gasteiger partial charge is 0.220 e. The van der Waals surface area contributed by atoms with Gasteiger partial charge in [0.1, 0.15) is 11.5 Å². The molecule has 1 amide bonds. The van der Waals surface area contributed by atoms with Crippen LogP contribution in [-0.4, -0.2) is 53.9 Å². The Morgan fingerprint density at radius 3 is 2.86 bits per heavy atom. The lowest BCUT2D eigenvalue weighted by atomic mass is 9.92. The number of halogens is 1. The highest BCUT2D eigenvalue weighted by Crippen LogP contribution is 2.23. The fraction of sp³-hybridized carbons (Fsp3) is 0.524. The average molecular weight is 388 g/mol. The number of likely N-dealkylation sites (tertiary alicyclic amines) is 1. The molecule has 1 aromatic heterocycles. The summed E-state index contributed by atoms with van der Waals surface area (Å²) in [5.41, 5.74) is 1.55. The van der Waals surface area contributed by atoms with Gasteiger partial charge in [-0.15, -0.1) is 0 Å². The second kappa shape index (κ2) is 10.3. The molecule has 0 atom stereocenters. The number of carbonyl (C=O) groups excluding carboxylic acids is 1. The van der Waals surface area contributed by atoms with Gasteiger partial charge in [-0.3, -0.25) is 9.69 Å². The van der Waals surface area contributed by atoms with E-state index in [1.807, 2.05) is 18.5 Å². The number of ether oxygens (including phenoxy) is 1. The molecule has 2 aromatic rings. The number of rotatable bonds is 9. The predicted octanol–water partition coefficient (Wildman–Crippen LogP) is 2.77. The fourth-order valence-corrected chi connectivity index (χ4v) is 3.62. The van der Waals surface area contributed by atoms with Crippen LogP contribution in [0.1, 0.15) is 31.2 Å². The van der Waals surface area contributed by atoms with E-state index in [2.05, 4.69) is 15.3 Å². The Labute approximate surface area is 165 Å². The van der Waals surface area contributed by atoms with E-state index in [1.54, 1.807) is 23.9 Å². The monoisotopic (exact) mass is 388 g/mol. The first-order valence-corrected chi connectivity index (χ1v) is 9.92. The molecule has 1 aromatic carbocycles. The Bertz CT molecular complexity index is 756. The number of carbonyl (C=O) groups is 1. The molecule has 0 unspecified atom stereocenters. The summed E-state index contributed by atoms with van der Waals surface area (Å²) in [6.07, 6.45) is 7.44. The van der Waals surface area contributed by atoms with E-state index in [4.69, 9.17) is 4.74 Å². The van der Waals surface area contributed by atoms with Gasteiger partial charge in [-0.1, -0.05) is 12.1 Å². The number of hydrogen-bond acceptors (Lipinski definition) is 4. The third-order valence-corrected chi connectivity index (χ3v) is 5.26. The Hall–Kier alpha value is -2.25. The van der Waals surface area contributed by atoms with Crippen molar-refractivity contribution >= 4 is 5.91 Å².